The number of anilines is 1. The van der Waals surface area contributed by atoms with Gasteiger partial charge in [-0.2, -0.15) is 4.98 Å². The van der Waals surface area contributed by atoms with Crippen LogP contribution >= 0.6 is 27.7 Å². The third-order valence-corrected chi connectivity index (χ3v) is 6.08. The van der Waals surface area contributed by atoms with Crippen molar-refractivity contribution in [1.82, 2.24) is 14.8 Å². The van der Waals surface area contributed by atoms with Gasteiger partial charge in [0.25, 0.3) is 5.91 Å². The van der Waals surface area contributed by atoms with E-state index in [-0.39, 0.29) is 5.91 Å². The van der Waals surface area contributed by atoms with E-state index in [1.54, 1.807) is 0 Å². The Labute approximate surface area is 194 Å². The molecular formula is C24H21BrN4OS. The van der Waals surface area contributed by atoms with E-state index in [2.05, 4.69) is 62.5 Å². The topological polar surface area (TPSA) is 59.8 Å². The van der Waals surface area contributed by atoms with Gasteiger partial charge in [0.05, 0.1) is 12.2 Å². The fourth-order valence-corrected chi connectivity index (χ4v) is 4.48. The summed E-state index contributed by atoms with van der Waals surface area (Å²) in [7, 11) is 0. The minimum absolute atomic E-state index is 0.140. The Morgan fingerprint density at radius 2 is 1.77 bits per heavy atom. The van der Waals surface area contributed by atoms with Gasteiger partial charge < -0.3 is 5.32 Å². The molecule has 156 valence electrons. The zero-order valence-corrected chi connectivity index (χ0v) is 19.6. The standard InChI is InChI=1S/C24H21BrN4OS/c1-16-10-12-18(13-11-16)15-29-24(27-23(25)28-29)31-21-9-4-3-8-20(21)26-22(30)19-7-5-6-17(2)14-19/h3-14H,15H2,1-2H3,(H,26,30). The second kappa shape index (κ2) is 9.49. The first-order valence-corrected chi connectivity index (χ1v) is 11.4. The zero-order chi connectivity index (χ0) is 21.8. The van der Waals surface area contributed by atoms with Crippen LogP contribution in [0, 0.1) is 13.8 Å². The number of halogens is 1. The Morgan fingerprint density at radius 1 is 1.00 bits per heavy atom. The van der Waals surface area contributed by atoms with Crippen molar-refractivity contribution in [3.8, 4) is 0 Å². The molecule has 5 nitrogen and oxygen atoms in total. The molecular weight excluding hydrogens is 472 g/mol. The normalized spacial score (nSPS) is 10.8. The number of benzene rings is 3. The first-order chi connectivity index (χ1) is 15.0. The highest BCUT2D eigenvalue weighted by Crippen LogP contribution is 2.33. The highest BCUT2D eigenvalue weighted by Gasteiger charge is 2.15. The van der Waals surface area contributed by atoms with Gasteiger partial charge in [-0.1, -0.05) is 59.7 Å². The van der Waals surface area contributed by atoms with Crippen LogP contribution in [0.25, 0.3) is 0 Å². The van der Waals surface area contributed by atoms with Gasteiger partial charge in [0.1, 0.15) is 0 Å². The number of aryl methyl sites for hydroxylation is 2. The number of amides is 1. The van der Waals surface area contributed by atoms with Crippen molar-refractivity contribution < 1.29 is 4.79 Å². The lowest BCUT2D eigenvalue weighted by Gasteiger charge is -2.11. The molecule has 0 saturated carbocycles. The van der Waals surface area contributed by atoms with Gasteiger partial charge in [0.15, 0.2) is 5.16 Å². The Balaban J connectivity index is 1.57. The van der Waals surface area contributed by atoms with Crippen molar-refractivity contribution in [2.24, 2.45) is 0 Å². The molecule has 31 heavy (non-hydrogen) atoms. The van der Waals surface area contributed by atoms with E-state index in [9.17, 15) is 4.79 Å². The highest BCUT2D eigenvalue weighted by molar-refractivity contribution is 9.10. The Morgan fingerprint density at radius 3 is 2.55 bits per heavy atom. The molecule has 0 unspecified atom stereocenters. The van der Waals surface area contributed by atoms with Crippen LogP contribution in [0.3, 0.4) is 0 Å². The Kier molecular flexibility index (Phi) is 6.53. The first-order valence-electron chi connectivity index (χ1n) is 9.79. The maximum absolute atomic E-state index is 12.7. The smallest absolute Gasteiger partial charge is 0.255 e. The average Bonchev–Trinajstić information content (AvgIpc) is 3.09. The molecule has 1 N–H and O–H groups in total. The zero-order valence-electron chi connectivity index (χ0n) is 17.2. The van der Waals surface area contributed by atoms with Gasteiger partial charge in [-0.3, -0.25) is 4.79 Å². The van der Waals surface area contributed by atoms with Gasteiger partial charge in [-0.05, 0) is 71.4 Å². The van der Waals surface area contributed by atoms with Gasteiger partial charge >= 0.3 is 0 Å². The van der Waals surface area contributed by atoms with Gasteiger partial charge in [-0.25, -0.2) is 4.68 Å². The van der Waals surface area contributed by atoms with Crippen molar-refractivity contribution in [3.63, 3.8) is 0 Å². The summed E-state index contributed by atoms with van der Waals surface area (Å²) >= 11 is 4.86. The molecule has 0 bridgehead atoms. The molecule has 0 atom stereocenters. The van der Waals surface area contributed by atoms with Gasteiger partial charge in [-0.15, -0.1) is 5.10 Å². The van der Waals surface area contributed by atoms with Crippen molar-refractivity contribution in [1.29, 1.82) is 0 Å². The molecule has 0 radical (unpaired) electrons. The molecule has 0 aliphatic heterocycles. The fourth-order valence-electron chi connectivity index (χ4n) is 3.08. The molecule has 3 aromatic carbocycles. The van der Waals surface area contributed by atoms with E-state index in [0.717, 1.165) is 26.9 Å². The average molecular weight is 493 g/mol. The van der Waals surface area contributed by atoms with Crippen molar-refractivity contribution in [3.05, 3.63) is 99.8 Å². The lowest BCUT2D eigenvalue weighted by Crippen LogP contribution is -2.12. The summed E-state index contributed by atoms with van der Waals surface area (Å²) in [6, 6.07) is 23.6. The van der Waals surface area contributed by atoms with Crippen LogP contribution in [0.1, 0.15) is 27.0 Å². The summed E-state index contributed by atoms with van der Waals surface area (Å²) in [5, 5.41) is 8.25. The lowest BCUT2D eigenvalue weighted by molar-refractivity contribution is 0.102. The molecule has 1 amide bonds. The minimum atomic E-state index is -0.140. The van der Waals surface area contributed by atoms with Gasteiger partial charge in [0.2, 0.25) is 4.73 Å². The molecule has 0 fully saturated rings. The number of para-hydroxylation sites is 1. The van der Waals surface area contributed by atoms with Crippen LogP contribution < -0.4 is 5.32 Å². The van der Waals surface area contributed by atoms with E-state index < -0.39 is 0 Å². The monoisotopic (exact) mass is 492 g/mol. The number of hydrogen-bond donors (Lipinski definition) is 1. The molecule has 0 spiro atoms. The van der Waals surface area contributed by atoms with Gasteiger partial charge in [0, 0.05) is 10.5 Å². The summed E-state index contributed by atoms with van der Waals surface area (Å²) in [5.74, 6) is -0.140. The van der Waals surface area contributed by atoms with E-state index in [0.29, 0.717) is 16.8 Å². The van der Waals surface area contributed by atoms with E-state index in [1.165, 1.54) is 17.3 Å². The minimum Gasteiger partial charge on any atom is -0.321 e. The summed E-state index contributed by atoms with van der Waals surface area (Å²) in [5.41, 5.74) is 4.77. The molecule has 7 heteroatoms. The Bertz CT molecular complexity index is 1220. The van der Waals surface area contributed by atoms with Crippen LogP contribution in [-0.2, 0) is 6.54 Å². The molecule has 4 aromatic rings. The largest absolute Gasteiger partial charge is 0.321 e. The summed E-state index contributed by atoms with van der Waals surface area (Å²) in [4.78, 5) is 18.2. The number of nitrogens with zero attached hydrogens (tertiary/aromatic N) is 3. The number of carbonyl (C=O) groups is 1. The predicted molar refractivity (Wildman–Crippen MR) is 128 cm³/mol. The van der Waals surface area contributed by atoms with Crippen LogP contribution in [0.2, 0.25) is 0 Å². The first kappa shape index (κ1) is 21.3. The third-order valence-electron chi connectivity index (χ3n) is 4.68. The van der Waals surface area contributed by atoms with Crippen LogP contribution in [-0.4, -0.2) is 20.7 Å². The van der Waals surface area contributed by atoms with Crippen LogP contribution in [0.5, 0.6) is 0 Å². The molecule has 1 heterocycles. The summed E-state index contributed by atoms with van der Waals surface area (Å²) < 4.78 is 2.39. The maximum atomic E-state index is 12.7. The second-order valence-corrected chi connectivity index (χ2v) is 8.95. The van der Waals surface area contributed by atoms with E-state index in [4.69, 9.17) is 0 Å². The molecule has 0 aliphatic carbocycles. The number of nitrogens with one attached hydrogen (secondary N) is 1. The van der Waals surface area contributed by atoms with Crippen molar-refractivity contribution in [2.45, 2.75) is 30.4 Å². The van der Waals surface area contributed by atoms with Crippen LogP contribution in [0.4, 0.5) is 5.69 Å². The summed E-state index contributed by atoms with van der Waals surface area (Å²) in [6.45, 7) is 4.65. The maximum Gasteiger partial charge on any atom is 0.255 e. The SMILES string of the molecule is Cc1ccc(Cn2nc(Br)nc2Sc2ccccc2NC(=O)c2cccc(C)c2)cc1. The quantitative estimate of drug-likeness (QED) is 0.352. The van der Waals surface area contributed by atoms with E-state index >= 15 is 0 Å². The van der Waals surface area contributed by atoms with Crippen molar-refractivity contribution in [2.75, 3.05) is 5.32 Å². The number of hydrogen-bond acceptors (Lipinski definition) is 4. The number of carbonyl (C=O) groups excluding carboxylic acids is 1. The van der Waals surface area contributed by atoms with E-state index in [1.807, 2.05) is 60.1 Å². The Hall–Kier alpha value is -2.90. The molecule has 0 aliphatic rings. The van der Waals surface area contributed by atoms with Crippen molar-refractivity contribution >= 4 is 39.3 Å². The van der Waals surface area contributed by atoms with Crippen LogP contribution in [0.15, 0.2) is 87.6 Å². The fraction of sp³-hybridized carbons (Fsp3) is 0.125. The number of rotatable bonds is 6. The number of aromatic nitrogens is 3. The third kappa shape index (κ3) is 5.42. The second-order valence-electron chi connectivity index (χ2n) is 7.23. The predicted octanol–water partition coefficient (Wildman–Crippen LogP) is 6.11. The molecule has 1 aromatic heterocycles. The molecule has 4 rings (SSSR count). The highest BCUT2D eigenvalue weighted by atomic mass is 79.9. The lowest BCUT2D eigenvalue weighted by atomic mass is 10.1. The molecule has 0 saturated heterocycles. The summed E-state index contributed by atoms with van der Waals surface area (Å²) in [6.07, 6.45) is 0.